The molecule has 1 heterocycles. The van der Waals surface area contributed by atoms with Crippen LogP contribution < -0.4 is 5.32 Å². The molecule has 2 aromatic rings. The van der Waals surface area contributed by atoms with Crippen molar-refractivity contribution in [2.75, 3.05) is 5.32 Å². The molecule has 0 unspecified atom stereocenters. The summed E-state index contributed by atoms with van der Waals surface area (Å²) < 4.78 is 1.57. The maximum atomic E-state index is 12.1. The van der Waals surface area contributed by atoms with Crippen LogP contribution in [0.1, 0.15) is 21.7 Å². The van der Waals surface area contributed by atoms with Crippen LogP contribution >= 0.6 is 11.6 Å². The van der Waals surface area contributed by atoms with Gasteiger partial charge in [-0.25, -0.2) is 0 Å². The molecular formula is C13H14ClN3O. The first-order chi connectivity index (χ1) is 8.47. The van der Waals surface area contributed by atoms with Gasteiger partial charge in [-0.2, -0.15) is 5.10 Å². The highest BCUT2D eigenvalue weighted by atomic mass is 35.5. The first kappa shape index (κ1) is 12.6. The third-order valence-corrected chi connectivity index (χ3v) is 2.91. The van der Waals surface area contributed by atoms with Gasteiger partial charge in [0, 0.05) is 17.8 Å². The van der Waals surface area contributed by atoms with Crippen molar-refractivity contribution < 1.29 is 4.79 Å². The zero-order chi connectivity index (χ0) is 13.3. The molecule has 0 fully saturated rings. The molecule has 0 saturated heterocycles. The minimum absolute atomic E-state index is 0.177. The molecule has 2 rings (SSSR count). The number of halogens is 1. The van der Waals surface area contributed by atoms with Crippen LogP contribution in [0.2, 0.25) is 5.02 Å². The maximum Gasteiger partial charge on any atom is 0.273 e. The van der Waals surface area contributed by atoms with Gasteiger partial charge in [-0.1, -0.05) is 11.6 Å². The number of carbonyl (C=O) groups is 1. The molecule has 0 aliphatic carbocycles. The number of hydrogen-bond donors (Lipinski definition) is 1. The zero-order valence-electron chi connectivity index (χ0n) is 10.5. The Morgan fingerprint density at radius 1 is 1.33 bits per heavy atom. The number of benzene rings is 1. The summed E-state index contributed by atoms with van der Waals surface area (Å²) in [4.78, 5) is 12.1. The maximum absolute atomic E-state index is 12.1. The lowest BCUT2D eigenvalue weighted by molar-refractivity contribution is 0.101. The van der Waals surface area contributed by atoms with Gasteiger partial charge in [-0.05, 0) is 43.7 Å². The first-order valence-electron chi connectivity index (χ1n) is 5.55. The van der Waals surface area contributed by atoms with Crippen LogP contribution in [0.25, 0.3) is 0 Å². The van der Waals surface area contributed by atoms with Gasteiger partial charge < -0.3 is 5.32 Å². The van der Waals surface area contributed by atoms with E-state index in [0.717, 1.165) is 16.9 Å². The molecule has 0 atom stereocenters. The van der Waals surface area contributed by atoms with E-state index in [1.54, 1.807) is 29.9 Å². The molecule has 1 N–H and O–H groups in total. The summed E-state index contributed by atoms with van der Waals surface area (Å²) in [5, 5.41) is 7.65. The number of aromatic nitrogens is 2. The number of nitrogens with one attached hydrogen (secondary N) is 1. The molecule has 5 heteroatoms. The van der Waals surface area contributed by atoms with E-state index in [9.17, 15) is 4.79 Å². The lowest BCUT2D eigenvalue weighted by Gasteiger charge is -2.08. The molecule has 18 heavy (non-hydrogen) atoms. The minimum Gasteiger partial charge on any atom is -0.320 e. The Bertz CT molecular complexity index is 604. The van der Waals surface area contributed by atoms with Crippen LogP contribution in [0.5, 0.6) is 0 Å². The van der Waals surface area contributed by atoms with Gasteiger partial charge >= 0.3 is 0 Å². The zero-order valence-corrected chi connectivity index (χ0v) is 11.2. The lowest BCUT2D eigenvalue weighted by Crippen LogP contribution is -2.16. The predicted octanol–water partition coefficient (Wildman–Crippen LogP) is 2.94. The van der Waals surface area contributed by atoms with E-state index in [0.29, 0.717) is 10.7 Å². The Hall–Kier alpha value is -1.81. The van der Waals surface area contributed by atoms with Crippen LogP contribution in [0.3, 0.4) is 0 Å². The third kappa shape index (κ3) is 2.54. The summed E-state index contributed by atoms with van der Waals surface area (Å²) in [5.74, 6) is -0.177. The van der Waals surface area contributed by atoms with E-state index in [-0.39, 0.29) is 5.91 Å². The number of amides is 1. The van der Waals surface area contributed by atoms with Crippen LogP contribution in [0, 0.1) is 13.8 Å². The topological polar surface area (TPSA) is 46.9 Å². The van der Waals surface area contributed by atoms with Gasteiger partial charge in [0.1, 0.15) is 5.69 Å². The van der Waals surface area contributed by atoms with Gasteiger partial charge in [0.25, 0.3) is 5.91 Å². The average molecular weight is 264 g/mol. The van der Waals surface area contributed by atoms with Gasteiger partial charge in [-0.15, -0.1) is 0 Å². The number of aryl methyl sites for hydroxylation is 3. The Morgan fingerprint density at radius 2 is 2.06 bits per heavy atom. The van der Waals surface area contributed by atoms with E-state index in [1.807, 2.05) is 19.9 Å². The number of hydrogen-bond acceptors (Lipinski definition) is 2. The minimum atomic E-state index is -0.177. The summed E-state index contributed by atoms with van der Waals surface area (Å²) in [6.07, 6.45) is 0. The van der Waals surface area contributed by atoms with Gasteiger partial charge in [0.05, 0.1) is 5.69 Å². The highest BCUT2D eigenvalue weighted by Gasteiger charge is 2.12. The monoisotopic (exact) mass is 263 g/mol. The van der Waals surface area contributed by atoms with Crippen molar-refractivity contribution >= 4 is 23.2 Å². The molecule has 0 saturated carbocycles. The highest BCUT2D eigenvalue weighted by Crippen LogP contribution is 2.20. The second-order valence-electron chi connectivity index (χ2n) is 4.21. The molecule has 1 aromatic carbocycles. The van der Waals surface area contributed by atoms with Crippen molar-refractivity contribution in [1.82, 2.24) is 9.78 Å². The third-order valence-electron chi connectivity index (χ3n) is 2.67. The Kier molecular flexibility index (Phi) is 3.39. The summed E-state index contributed by atoms with van der Waals surface area (Å²) >= 11 is 5.87. The van der Waals surface area contributed by atoms with Gasteiger partial charge in [-0.3, -0.25) is 9.48 Å². The second-order valence-corrected chi connectivity index (χ2v) is 4.64. The lowest BCUT2D eigenvalue weighted by atomic mass is 10.2. The summed E-state index contributed by atoms with van der Waals surface area (Å²) in [6.45, 7) is 3.75. The Balaban J connectivity index is 2.24. The van der Waals surface area contributed by atoms with Crippen LogP contribution in [-0.4, -0.2) is 15.7 Å². The van der Waals surface area contributed by atoms with E-state index in [4.69, 9.17) is 11.6 Å². The molecule has 1 amide bonds. The fourth-order valence-corrected chi connectivity index (χ4v) is 2.00. The van der Waals surface area contributed by atoms with Crippen molar-refractivity contribution in [3.05, 3.63) is 46.2 Å². The summed E-state index contributed by atoms with van der Waals surface area (Å²) in [6, 6.07) is 7.10. The van der Waals surface area contributed by atoms with Crippen molar-refractivity contribution in [3.63, 3.8) is 0 Å². The van der Waals surface area contributed by atoms with E-state index < -0.39 is 0 Å². The quantitative estimate of drug-likeness (QED) is 0.906. The van der Waals surface area contributed by atoms with Crippen molar-refractivity contribution in [2.24, 2.45) is 7.05 Å². The highest BCUT2D eigenvalue weighted by molar-refractivity contribution is 6.30. The van der Waals surface area contributed by atoms with Crippen molar-refractivity contribution in [1.29, 1.82) is 0 Å². The summed E-state index contributed by atoms with van der Waals surface area (Å²) in [7, 11) is 1.75. The summed E-state index contributed by atoms with van der Waals surface area (Å²) in [5.41, 5.74) is 3.02. The Labute approximate surface area is 111 Å². The molecule has 0 radical (unpaired) electrons. The van der Waals surface area contributed by atoms with Crippen LogP contribution in [0.4, 0.5) is 5.69 Å². The number of rotatable bonds is 2. The largest absolute Gasteiger partial charge is 0.320 e. The Morgan fingerprint density at radius 3 is 2.61 bits per heavy atom. The second kappa shape index (κ2) is 4.82. The molecule has 4 nitrogen and oxygen atoms in total. The van der Waals surface area contributed by atoms with Gasteiger partial charge in [0.15, 0.2) is 0 Å². The SMILES string of the molecule is Cc1cc(C(=O)Nc2ccc(Cl)cc2C)n(C)n1. The number of nitrogens with zero attached hydrogens (tertiary/aromatic N) is 2. The average Bonchev–Trinajstić information content (AvgIpc) is 2.62. The van der Waals surface area contributed by atoms with Crippen molar-refractivity contribution in [2.45, 2.75) is 13.8 Å². The molecule has 0 aliphatic heterocycles. The molecule has 0 spiro atoms. The van der Waals surface area contributed by atoms with E-state index >= 15 is 0 Å². The van der Waals surface area contributed by atoms with E-state index in [1.165, 1.54) is 0 Å². The fourth-order valence-electron chi connectivity index (χ4n) is 1.78. The van der Waals surface area contributed by atoms with Gasteiger partial charge in [0.2, 0.25) is 0 Å². The molecule has 1 aromatic heterocycles. The number of anilines is 1. The molecular weight excluding hydrogens is 250 g/mol. The normalized spacial score (nSPS) is 10.4. The predicted molar refractivity (Wildman–Crippen MR) is 72.1 cm³/mol. The van der Waals surface area contributed by atoms with Crippen LogP contribution in [0.15, 0.2) is 24.3 Å². The molecule has 94 valence electrons. The standard InChI is InChI=1S/C13H14ClN3O/c1-8-6-10(14)4-5-11(8)15-13(18)12-7-9(2)16-17(12)3/h4-7H,1-3H3,(H,15,18). The molecule has 0 aliphatic rings. The molecule has 0 bridgehead atoms. The fraction of sp³-hybridized carbons (Fsp3) is 0.231. The van der Waals surface area contributed by atoms with Crippen LogP contribution in [-0.2, 0) is 7.05 Å². The first-order valence-corrected chi connectivity index (χ1v) is 5.93. The van der Waals surface area contributed by atoms with Crippen molar-refractivity contribution in [3.8, 4) is 0 Å². The van der Waals surface area contributed by atoms with E-state index in [2.05, 4.69) is 10.4 Å². The number of carbonyl (C=O) groups excluding carboxylic acids is 1. The smallest absolute Gasteiger partial charge is 0.273 e.